The molecule has 8 aromatic carbocycles. The van der Waals surface area contributed by atoms with Crippen LogP contribution in [0.5, 0.6) is 0 Å². The average Bonchev–Trinajstić information content (AvgIpc) is 3.61. The molecule has 0 saturated heterocycles. The van der Waals surface area contributed by atoms with E-state index in [9.17, 15) is 0 Å². The van der Waals surface area contributed by atoms with Gasteiger partial charge in [-0.15, -0.1) is 0 Å². The Kier molecular flexibility index (Phi) is 7.10. The number of para-hydroxylation sites is 5. The summed E-state index contributed by atoms with van der Waals surface area (Å²) in [4.78, 5) is 13.1. The van der Waals surface area contributed by atoms with Gasteiger partial charge >= 0.3 is 0 Å². The van der Waals surface area contributed by atoms with Crippen molar-refractivity contribution in [3.63, 3.8) is 0 Å². The van der Waals surface area contributed by atoms with E-state index in [0.29, 0.717) is 0 Å². The maximum atomic E-state index is 5.52. The summed E-state index contributed by atoms with van der Waals surface area (Å²) in [6, 6.07) is 68.3. The molecule has 0 amide bonds. The predicted molar refractivity (Wildman–Crippen MR) is 217 cm³/mol. The van der Waals surface area contributed by atoms with Crippen LogP contribution in [0.25, 0.3) is 71.8 Å². The van der Waals surface area contributed by atoms with Gasteiger partial charge in [-0.25, -0.2) is 9.97 Å². The van der Waals surface area contributed by atoms with Crippen LogP contribution in [-0.2, 0) is 0 Å². The van der Waals surface area contributed by atoms with Crippen LogP contribution in [0.1, 0.15) is 0 Å². The summed E-state index contributed by atoms with van der Waals surface area (Å²) in [6.45, 7) is 0. The third-order valence-electron chi connectivity index (χ3n) is 9.93. The Morgan fingerprint density at radius 2 is 1.00 bits per heavy atom. The number of imidazole rings is 1. The predicted octanol–water partition coefficient (Wildman–Crippen LogP) is 12.7. The highest BCUT2D eigenvalue weighted by atomic mass is 15.1. The molecule has 0 spiro atoms. The van der Waals surface area contributed by atoms with Gasteiger partial charge < -0.3 is 4.90 Å². The van der Waals surface area contributed by atoms with Crippen molar-refractivity contribution in [2.75, 3.05) is 4.90 Å². The first-order valence-electron chi connectivity index (χ1n) is 17.6. The van der Waals surface area contributed by atoms with Crippen molar-refractivity contribution in [3.8, 4) is 28.3 Å². The zero-order valence-corrected chi connectivity index (χ0v) is 28.3. The van der Waals surface area contributed by atoms with E-state index in [0.717, 1.165) is 78.1 Å². The zero-order chi connectivity index (χ0) is 34.4. The Balaban J connectivity index is 1.30. The lowest BCUT2D eigenvalue weighted by atomic mass is 9.91. The topological polar surface area (TPSA) is 34.0 Å². The molecule has 0 atom stereocenters. The molecule has 10 rings (SSSR count). The number of aromatic nitrogens is 3. The molecule has 4 heteroatoms. The number of fused-ring (bicyclic) bond motifs is 6. The van der Waals surface area contributed by atoms with Gasteiger partial charge in [-0.05, 0) is 77.5 Å². The molecule has 0 N–H and O–H groups in total. The molecule has 0 unspecified atom stereocenters. The standard InChI is InChI=1S/C48H32N4/c1-5-17-33(18-6-1)47-42-32-41(48-50-43-27-15-16-28-45(43)52(48)36-23-11-4-12-24-36)38-25-13-14-26-39(38)46(42)40-30-29-37(31-44(40)49-47)51(34-19-7-2-8-20-34)35-21-9-3-10-22-35/h1-32H. The Morgan fingerprint density at radius 3 is 1.71 bits per heavy atom. The van der Waals surface area contributed by atoms with Crippen LogP contribution in [0.15, 0.2) is 194 Å². The Bertz CT molecular complexity index is 2840. The van der Waals surface area contributed by atoms with E-state index in [2.05, 4.69) is 204 Å². The van der Waals surface area contributed by atoms with E-state index in [1.807, 2.05) is 0 Å². The molecule has 244 valence electrons. The van der Waals surface area contributed by atoms with Gasteiger partial charge in [-0.3, -0.25) is 4.57 Å². The van der Waals surface area contributed by atoms with E-state index in [4.69, 9.17) is 9.97 Å². The first-order chi connectivity index (χ1) is 25.8. The highest BCUT2D eigenvalue weighted by molar-refractivity contribution is 6.25. The third kappa shape index (κ3) is 4.92. The van der Waals surface area contributed by atoms with Crippen LogP contribution < -0.4 is 4.90 Å². The first kappa shape index (κ1) is 29.8. The lowest BCUT2D eigenvalue weighted by molar-refractivity contribution is 1.11. The largest absolute Gasteiger partial charge is 0.310 e. The monoisotopic (exact) mass is 664 g/mol. The van der Waals surface area contributed by atoms with Crippen molar-refractivity contribution in [1.82, 2.24) is 14.5 Å². The number of rotatable bonds is 6. The minimum Gasteiger partial charge on any atom is -0.310 e. The van der Waals surface area contributed by atoms with Crippen LogP contribution in [0.2, 0.25) is 0 Å². The van der Waals surface area contributed by atoms with Crippen molar-refractivity contribution in [3.05, 3.63) is 194 Å². The number of hydrogen-bond acceptors (Lipinski definition) is 3. The highest BCUT2D eigenvalue weighted by Crippen LogP contribution is 2.44. The maximum absolute atomic E-state index is 5.52. The Labute approximate surface area is 301 Å². The molecule has 0 aliphatic rings. The van der Waals surface area contributed by atoms with Crippen molar-refractivity contribution in [2.24, 2.45) is 0 Å². The van der Waals surface area contributed by atoms with Crippen LogP contribution in [-0.4, -0.2) is 14.5 Å². The van der Waals surface area contributed by atoms with E-state index in [-0.39, 0.29) is 0 Å². The van der Waals surface area contributed by atoms with Crippen molar-refractivity contribution in [2.45, 2.75) is 0 Å². The fourth-order valence-corrected chi connectivity index (χ4v) is 7.64. The van der Waals surface area contributed by atoms with E-state index in [1.54, 1.807) is 0 Å². The molecular formula is C48H32N4. The molecular weight excluding hydrogens is 633 g/mol. The molecule has 2 aromatic heterocycles. The summed E-state index contributed by atoms with van der Waals surface area (Å²) in [5.74, 6) is 0.904. The van der Waals surface area contributed by atoms with E-state index < -0.39 is 0 Å². The average molecular weight is 665 g/mol. The summed E-state index contributed by atoms with van der Waals surface area (Å²) in [5, 5.41) is 5.70. The number of benzene rings is 8. The summed E-state index contributed by atoms with van der Waals surface area (Å²) in [5.41, 5.74) is 10.4. The molecule has 0 saturated carbocycles. The van der Waals surface area contributed by atoms with Gasteiger partial charge in [-0.1, -0.05) is 127 Å². The van der Waals surface area contributed by atoms with Gasteiger partial charge in [0.1, 0.15) is 5.82 Å². The Hall–Kier alpha value is -7.04. The summed E-state index contributed by atoms with van der Waals surface area (Å²) < 4.78 is 2.29. The second kappa shape index (κ2) is 12.4. The quantitative estimate of drug-likeness (QED) is 0.166. The third-order valence-corrected chi connectivity index (χ3v) is 9.93. The van der Waals surface area contributed by atoms with Crippen LogP contribution in [0.4, 0.5) is 17.1 Å². The fraction of sp³-hybridized carbons (Fsp3) is 0. The number of hydrogen-bond donors (Lipinski definition) is 0. The molecule has 0 aliphatic heterocycles. The van der Waals surface area contributed by atoms with Crippen LogP contribution >= 0.6 is 0 Å². The van der Waals surface area contributed by atoms with Gasteiger partial charge in [0.15, 0.2) is 0 Å². The van der Waals surface area contributed by atoms with Crippen LogP contribution in [0.3, 0.4) is 0 Å². The highest BCUT2D eigenvalue weighted by Gasteiger charge is 2.22. The molecule has 0 fully saturated rings. The van der Waals surface area contributed by atoms with Gasteiger partial charge in [0.2, 0.25) is 0 Å². The second-order valence-corrected chi connectivity index (χ2v) is 13.0. The Morgan fingerprint density at radius 1 is 0.404 bits per heavy atom. The zero-order valence-electron chi connectivity index (χ0n) is 28.3. The minimum atomic E-state index is 0.904. The van der Waals surface area contributed by atoms with Gasteiger partial charge in [0, 0.05) is 50.0 Å². The molecule has 4 nitrogen and oxygen atoms in total. The number of anilines is 3. The second-order valence-electron chi connectivity index (χ2n) is 13.0. The molecule has 0 bridgehead atoms. The smallest absolute Gasteiger partial charge is 0.146 e. The maximum Gasteiger partial charge on any atom is 0.146 e. The first-order valence-corrected chi connectivity index (χ1v) is 17.6. The molecule has 52 heavy (non-hydrogen) atoms. The van der Waals surface area contributed by atoms with Crippen molar-refractivity contribution in [1.29, 1.82) is 0 Å². The van der Waals surface area contributed by atoms with Gasteiger partial charge in [-0.2, -0.15) is 0 Å². The minimum absolute atomic E-state index is 0.904. The summed E-state index contributed by atoms with van der Waals surface area (Å²) in [6.07, 6.45) is 0. The molecule has 10 aromatic rings. The normalized spacial score (nSPS) is 11.5. The SMILES string of the molecule is c1ccc(-c2nc3cc(N(c4ccccc4)c4ccccc4)ccc3c3c2cc(-c2nc4ccccc4n2-c2ccccc2)c2ccccc23)cc1. The van der Waals surface area contributed by atoms with Crippen LogP contribution in [0, 0.1) is 0 Å². The number of pyridine rings is 1. The van der Waals surface area contributed by atoms with Crippen molar-refractivity contribution >= 4 is 60.5 Å². The molecule has 2 heterocycles. The number of nitrogens with zero attached hydrogens (tertiary/aromatic N) is 4. The summed E-state index contributed by atoms with van der Waals surface area (Å²) >= 11 is 0. The lowest BCUT2D eigenvalue weighted by Gasteiger charge is -2.26. The van der Waals surface area contributed by atoms with Gasteiger partial charge in [0.25, 0.3) is 0 Å². The van der Waals surface area contributed by atoms with Gasteiger partial charge in [0.05, 0.1) is 22.2 Å². The fourth-order valence-electron chi connectivity index (χ4n) is 7.64. The van der Waals surface area contributed by atoms with E-state index >= 15 is 0 Å². The lowest BCUT2D eigenvalue weighted by Crippen LogP contribution is -2.09. The van der Waals surface area contributed by atoms with Crippen molar-refractivity contribution < 1.29 is 0 Å². The molecule has 0 radical (unpaired) electrons. The van der Waals surface area contributed by atoms with E-state index in [1.165, 1.54) is 10.8 Å². The molecule has 0 aliphatic carbocycles. The summed E-state index contributed by atoms with van der Waals surface area (Å²) in [7, 11) is 0.